The maximum atomic E-state index is 2.34. The summed E-state index contributed by atoms with van der Waals surface area (Å²) < 4.78 is 1.62. The van der Waals surface area contributed by atoms with Crippen molar-refractivity contribution in [2.75, 3.05) is 0 Å². The Labute approximate surface area is 63.1 Å². The summed E-state index contributed by atoms with van der Waals surface area (Å²) in [6.45, 7) is 11.7. The van der Waals surface area contributed by atoms with E-state index >= 15 is 0 Å². The third-order valence-corrected chi connectivity index (χ3v) is 3.95. The summed E-state index contributed by atoms with van der Waals surface area (Å²) in [5.74, 6) is 0. The summed E-state index contributed by atoms with van der Waals surface area (Å²) in [6, 6.07) is 0. The van der Waals surface area contributed by atoms with Crippen molar-refractivity contribution in [3.63, 3.8) is 0 Å². The van der Waals surface area contributed by atoms with Crippen molar-refractivity contribution >= 4 is 20.9 Å². The van der Waals surface area contributed by atoms with Gasteiger partial charge in [0.05, 0.1) is 0 Å². The molecule has 0 aliphatic rings. The normalized spacial score (nSPS) is 12.8. The van der Waals surface area contributed by atoms with E-state index in [1.165, 1.54) is 0 Å². The molecule has 0 atom stereocenters. The molecule has 0 spiro atoms. The first-order valence-electron chi connectivity index (χ1n) is 3.09. The van der Waals surface area contributed by atoms with Gasteiger partial charge in [0.2, 0.25) is 0 Å². The second-order valence-corrected chi connectivity index (χ2v) is 10.1. The topological polar surface area (TPSA) is 0 Å². The van der Waals surface area contributed by atoms with E-state index in [-0.39, 0.29) is 20.9 Å². The van der Waals surface area contributed by atoms with Gasteiger partial charge in [0.15, 0.2) is 0 Å². The summed E-state index contributed by atoms with van der Waals surface area (Å²) in [7, 11) is 0. The Morgan fingerprint density at radius 3 is 1.50 bits per heavy atom. The zero-order valence-corrected chi connectivity index (χ0v) is 8.82. The average Bonchev–Trinajstić information content (AvgIpc) is 1.21. The molecular formula is C7H16Te. The molecule has 8 heavy (non-hydrogen) atoms. The van der Waals surface area contributed by atoms with Gasteiger partial charge in [-0.1, -0.05) is 0 Å². The molecule has 0 aromatic heterocycles. The summed E-state index contributed by atoms with van der Waals surface area (Å²) >= 11 is 0.258. The quantitative estimate of drug-likeness (QED) is 0.605. The minimum atomic E-state index is 0.258. The molecule has 0 saturated heterocycles. The van der Waals surface area contributed by atoms with Gasteiger partial charge in [0.1, 0.15) is 0 Å². The van der Waals surface area contributed by atoms with E-state index in [1.807, 2.05) is 0 Å². The van der Waals surface area contributed by atoms with E-state index in [1.54, 1.807) is 0 Å². The fourth-order valence-electron chi connectivity index (χ4n) is 0.707. The number of hydrogen-bond acceptors (Lipinski definition) is 0. The van der Waals surface area contributed by atoms with E-state index in [2.05, 4.69) is 34.6 Å². The zero-order valence-electron chi connectivity index (χ0n) is 6.49. The van der Waals surface area contributed by atoms with Crippen molar-refractivity contribution in [2.45, 2.75) is 42.0 Å². The van der Waals surface area contributed by atoms with Crippen LogP contribution in [0.1, 0.15) is 34.6 Å². The van der Waals surface area contributed by atoms with Crippen LogP contribution < -0.4 is 0 Å². The van der Waals surface area contributed by atoms with E-state index in [0.29, 0.717) is 3.46 Å². The van der Waals surface area contributed by atoms with Gasteiger partial charge in [-0.25, -0.2) is 0 Å². The predicted molar refractivity (Wildman–Crippen MR) is 40.6 cm³/mol. The third-order valence-electron chi connectivity index (χ3n) is 0.589. The molecule has 0 saturated carbocycles. The zero-order chi connectivity index (χ0) is 6.78. The SMILES string of the molecule is CC(C)[Te]C(C)(C)C. The van der Waals surface area contributed by atoms with Gasteiger partial charge in [-0.05, 0) is 0 Å². The molecule has 0 unspecified atom stereocenters. The standard InChI is InChI=1S/C7H16Te/c1-6(2)8-7(3,4)5/h6H,1-5H3. The molecule has 0 radical (unpaired) electrons. The van der Waals surface area contributed by atoms with Gasteiger partial charge >= 0.3 is 63.0 Å². The summed E-state index contributed by atoms with van der Waals surface area (Å²) in [5.41, 5.74) is 0. The van der Waals surface area contributed by atoms with Crippen molar-refractivity contribution in [3.05, 3.63) is 0 Å². The molecule has 0 aromatic rings. The predicted octanol–water partition coefficient (Wildman–Crippen LogP) is 2.74. The van der Waals surface area contributed by atoms with Gasteiger partial charge in [0.25, 0.3) is 0 Å². The summed E-state index contributed by atoms with van der Waals surface area (Å²) in [6.07, 6.45) is 0. The molecule has 0 amide bonds. The molecule has 0 heterocycles. The molecular weight excluding hydrogens is 212 g/mol. The van der Waals surface area contributed by atoms with Gasteiger partial charge in [0, 0.05) is 0 Å². The van der Waals surface area contributed by atoms with Crippen LogP contribution in [0.15, 0.2) is 0 Å². The molecule has 0 N–H and O–H groups in total. The molecule has 1 heteroatoms. The van der Waals surface area contributed by atoms with Crippen molar-refractivity contribution in [2.24, 2.45) is 0 Å². The summed E-state index contributed by atoms with van der Waals surface area (Å²) in [5, 5.41) is 0. The van der Waals surface area contributed by atoms with Gasteiger partial charge in [-0.3, -0.25) is 0 Å². The monoisotopic (exact) mass is 230 g/mol. The van der Waals surface area contributed by atoms with Crippen molar-refractivity contribution in [1.82, 2.24) is 0 Å². The Balaban J connectivity index is 3.39. The second kappa shape index (κ2) is 3.08. The molecule has 0 aliphatic carbocycles. The molecule has 50 valence electrons. The Morgan fingerprint density at radius 1 is 1.12 bits per heavy atom. The van der Waals surface area contributed by atoms with Gasteiger partial charge in [-0.15, -0.1) is 0 Å². The number of rotatable bonds is 1. The van der Waals surface area contributed by atoms with E-state index in [0.717, 1.165) is 3.97 Å². The average molecular weight is 228 g/mol. The van der Waals surface area contributed by atoms with Crippen LogP contribution in [0.4, 0.5) is 0 Å². The van der Waals surface area contributed by atoms with Gasteiger partial charge in [-0.2, -0.15) is 0 Å². The van der Waals surface area contributed by atoms with E-state index in [9.17, 15) is 0 Å². The number of hydrogen-bond donors (Lipinski definition) is 0. The van der Waals surface area contributed by atoms with Crippen LogP contribution in [-0.4, -0.2) is 20.9 Å². The van der Waals surface area contributed by atoms with Crippen molar-refractivity contribution < 1.29 is 0 Å². The molecule has 0 nitrogen and oxygen atoms in total. The van der Waals surface area contributed by atoms with Crippen molar-refractivity contribution in [3.8, 4) is 0 Å². The van der Waals surface area contributed by atoms with Crippen LogP contribution in [0.2, 0.25) is 7.43 Å². The third kappa shape index (κ3) is 6.79. The fraction of sp³-hybridized carbons (Fsp3) is 1.00. The Hall–Kier alpha value is 0.790. The van der Waals surface area contributed by atoms with E-state index < -0.39 is 0 Å². The van der Waals surface area contributed by atoms with Crippen molar-refractivity contribution in [1.29, 1.82) is 0 Å². The van der Waals surface area contributed by atoms with Crippen LogP contribution in [0, 0.1) is 0 Å². The van der Waals surface area contributed by atoms with Crippen LogP contribution in [0.5, 0.6) is 0 Å². The molecule has 0 aromatic carbocycles. The van der Waals surface area contributed by atoms with Gasteiger partial charge < -0.3 is 0 Å². The molecule has 0 bridgehead atoms. The minimum absolute atomic E-state index is 0.258. The van der Waals surface area contributed by atoms with E-state index in [4.69, 9.17) is 0 Å². The molecule has 0 aliphatic heterocycles. The van der Waals surface area contributed by atoms with Crippen LogP contribution in [-0.2, 0) is 0 Å². The fourth-order valence-corrected chi connectivity index (χ4v) is 4.74. The Morgan fingerprint density at radius 2 is 1.50 bits per heavy atom. The summed E-state index contributed by atoms with van der Waals surface area (Å²) in [4.78, 5) is 0. The second-order valence-electron chi connectivity index (χ2n) is 3.28. The van der Waals surface area contributed by atoms with Crippen LogP contribution >= 0.6 is 0 Å². The van der Waals surface area contributed by atoms with Crippen LogP contribution in [0.25, 0.3) is 0 Å². The van der Waals surface area contributed by atoms with Crippen LogP contribution in [0.3, 0.4) is 0 Å². The first-order valence-corrected chi connectivity index (χ1v) is 5.61. The Bertz CT molecular complexity index is 59.3. The first kappa shape index (κ1) is 8.79. The maximum absolute atomic E-state index is 2.34. The molecule has 0 rings (SSSR count). The Kier molecular flexibility index (Phi) is 3.39. The molecule has 0 fully saturated rings. The first-order chi connectivity index (χ1) is 3.42.